The minimum Gasteiger partial charge on any atom is -0.239 e. The molecule has 0 saturated heterocycles. The lowest BCUT2D eigenvalue weighted by atomic mass is 9.76. The van der Waals surface area contributed by atoms with Crippen molar-refractivity contribution < 1.29 is 4.58 Å². The molecular formula is C23H21N2+. The Morgan fingerprint density at radius 2 is 1.08 bits per heavy atom. The van der Waals surface area contributed by atoms with Gasteiger partial charge in [0.15, 0.2) is 11.3 Å². The van der Waals surface area contributed by atoms with Gasteiger partial charge in [-0.15, -0.1) is 0 Å². The van der Waals surface area contributed by atoms with Crippen LogP contribution in [0.2, 0.25) is 0 Å². The van der Waals surface area contributed by atoms with E-state index in [9.17, 15) is 0 Å². The summed E-state index contributed by atoms with van der Waals surface area (Å²) in [5, 5.41) is 0. The highest BCUT2D eigenvalue weighted by molar-refractivity contribution is 5.91. The second-order valence-electron chi connectivity index (χ2n) is 6.42. The molecule has 0 saturated carbocycles. The largest absolute Gasteiger partial charge is 0.283 e. The fourth-order valence-electron chi connectivity index (χ4n) is 3.74. The van der Waals surface area contributed by atoms with E-state index < -0.39 is 5.54 Å². The summed E-state index contributed by atoms with van der Waals surface area (Å²) in [7, 11) is 0. The van der Waals surface area contributed by atoms with Gasteiger partial charge >= 0.3 is 0 Å². The number of benzene rings is 3. The molecule has 0 N–H and O–H groups in total. The monoisotopic (exact) mass is 325 g/mol. The fourth-order valence-corrected chi connectivity index (χ4v) is 3.74. The van der Waals surface area contributed by atoms with Crippen LogP contribution >= 0.6 is 0 Å². The van der Waals surface area contributed by atoms with E-state index in [1.54, 1.807) is 0 Å². The zero-order valence-corrected chi connectivity index (χ0v) is 14.3. The molecule has 4 rings (SSSR count). The van der Waals surface area contributed by atoms with Crippen molar-refractivity contribution in [2.75, 3.05) is 6.54 Å². The molecule has 0 atom stereocenters. The SMILES string of the molecule is CC1=NC=[N+](C(c2ccccc2)(c2ccccc2)c2ccccc2)C1. The molecule has 0 spiro atoms. The van der Waals surface area contributed by atoms with Gasteiger partial charge in [-0.05, 0) is 0 Å². The van der Waals surface area contributed by atoms with E-state index in [4.69, 9.17) is 0 Å². The van der Waals surface area contributed by atoms with Gasteiger partial charge < -0.3 is 0 Å². The van der Waals surface area contributed by atoms with Gasteiger partial charge in [0.2, 0.25) is 0 Å². The molecule has 3 aromatic rings. The van der Waals surface area contributed by atoms with Crippen LogP contribution < -0.4 is 0 Å². The van der Waals surface area contributed by atoms with Crippen molar-refractivity contribution >= 4 is 12.1 Å². The van der Waals surface area contributed by atoms with Gasteiger partial charge in [-0.3, -0.25) is 0 Å². The molecule has 3 aromatic carbocycles. The number of hydrogen-bond donors (Lipinski definition) is 0. The summed E-state index contributed by atoms with van der Waals surface area (Å²) >= 11 is 0. The summed E-state index contributed by atoms with van der Waals surface area (Å²) in [6.07, 6.45) is 1.99. The maximum Gasteiger partial charge on any atom is 0.283 e. The third-order valence-electron chi connectivity index (χ3n) is 4.82. The zero-order chi connectivity index (χ0) is 17.1. The van der Waals surface area contributed by atoms with Crippen molar-refractivity contribution in [3.05, 3.63) is 108 Å². The predicted molar refractivity (Wildman–Crippen MR) is 104 cm³/mol. The Morgan fingerprint density at radius 3 is 1.40 bits per heavy atom. The molecule has 0 aromatic heterocycles. The molecule has 1 aliphatic heterocycles. The smallest absolute Gasteiger partial charge is 0.239 e. The fraction of sp³-hybridized carbons (Fsp3) is 0.130. The lowest BCUT2D eigenvalue weighted by Crippen LogP contribution is -2.42. The van der Waals surface area contributed by atoms with E-state index in [1.165, 1.54) is 16.7 Å². The van der Waals surface area contributed by atoms with E-state index in [1.807, 2.05) is 6.34 Å². The third kappa shape index (κ3) is 2.60. The average molecular weight is 325 g/mol. The quantitative estimate of drug-likeness (QED) is 0.496. The molecule has 1 heterocycles. The predicted octanol–water partition coefficient (Wildman–Crippen LogP) is 4.49. The molecule has 0 bridgehead atoms. The lowest BCUT2D eigenvalue weighted by molar-refractivity contribution is -0.576. The Labute approximate surface area is 148 Å². The van der Waals surface area contributed by atoms with Crippen LogP contribution in [-0.2, 0) is 5.54 Å². The van der Waals surface area contributed by atoms with Crippen molar-refractivity contribution in [1.82, 2.24) is 0 Å². The van der Waals surface area contributed by atoms with Crippen LogP contribution in [0.3, 0.4) is 0 Å². The number of hydrogen-bond acceptors (Lipinski definition) is 1. The normalized spacial score (nSPS) is 14.1. The van der Waals surface area contributed by atoms with Crippen LogP contribution in [-0.4, -0.2) is 23.2 Å². The van der Waals surface area contributed by atoms with E-state index in [0.717, 1.165) is 12.3 Å². The summed E-state index contributed by atoms with van der Waals surface area (Å²) < 4.78 is 2.35. The minimum atomic E-state index is -0.398. The Hall–Kier alpha value is -3.00. The molecular weight excluding hydrogens is 304 g/mol. The standard InChI is InChI=1S/C23H21N2/c1-19-17-25(18-24-19)23(20-11-5-2-6-12-20,21-13-7-3-8-14-21)22-15-9-4-10-16-22/h2-16,18H,17H2,1H3/q+1. The van der Waals surface area contributed by atoms with Gasteiger partial charge in [-0.2, -0.15) is 0 Å². The van der Waals surface area contributed by atoms with Gasteiger partial charge in [0.05, 0.1) is 0 Å². The van der Waals surface area contributed by atoms with E-state index in [2.05, 4.69) is 107 Å². The number of aliphatic imine (C=N–C) groups is 1. The van der Waals surface area contributed by atoms with Crippen molar-refractivity contribution in [3.63, 3.8) is 0 Å². The average Bonchev–Trinajstić information content (AvgIpc) is 3.12. The topological polar surface area (TPSA) is 15.4 Å². The minimum absolute atomic E-state index is 0.398. The van der Waals surface area contributed by atoms with E-state index in [-0.39, 0.29) is 0 Å². The molecule has 1 aliphatic rings. The summed E-state index contributed by atoms with van der Waals surface area (Å²) in [4.78, 5) is 4.58. The Morgan fingerprint density at radius 1 is 0.680 bits per heavy atom. The van der Waals surface area contributed by atoms with Crippen molar-refractivity contribution in [2.24, 2.45) is 4.99 Å². The van der Waals surface area contributed by atoms with Crippen LogP contribution in [0.1, 0.15) is 23.6 Å². The van der Waals surface area contributed by atoms with Gasteiger partial charge in [0.25, 0.3) is 6.34 Å². The van der Waals surface area contributed by atoms with Gasteiger partial charge in [-0.1, -0.05) is 96.0 Å². The highest BCUT2D eigenvalue weighted by Crippen LogP contribution is 2.40. The molecule has 0 unspecified atom stereocenters. The number of rotatable bonds is 4. The van der Waals surface area contributed by atoms with Crippen molar-refractivity contribution in [1.29, 1.82) is 0 Å². The maximum atomic E-state index is 4.58. The summed E-state index contributed by atoms with van der Waals surface area (Å²) in [6, 6.07) is 32.1. The summed E-state index contributed by atoms with van der Waals surface area (Å²) in [5.41, 5.74) is 4.47. The molecule has 0 aliphatic carbocycles. The lowest BCUT2D eigenvalue weighted by Gasteiger charge is -2.34. The Bertz CT molecular complexity index is 813. The maximum absolute atomic E-state index is 4.58. The molecule has 2 heteroatoms. The second-order valence-corrected chi connectivity index (χ2v) is 6.42. The first-order valence-corrected chi connectivity index (χ1v) is 8.62. The van der Waals surface area contributed by atoms with Gasteiger partial charge in [0, 0.05) is 23.6 Å². The van der Waals surface area contributed by atoms with Crippen LogP contribution in [0.4, 0.5) is 0 Å². The van der Waals surface area contributed by atoms with Crippen LogP contribution in [0.15, 0.2) is 96.0 Å². The molecule has 0 amide bonds. The first-order valence-electron chi connectivity index (χ1n) is 8.62. The highest BCUT2D eigenvalue weighted by atomic mass is 15.2. The molecule has 0 radical (unpaired) electrons. The Balaban J connectivity index is 2.06. The molecule has 122 valence electrons. The molecule has 0 fully saturated rings. The molecule has 25 heavy (non-hydrogen) atoms. The first-order chi connectivity index (χ1) is 12.3. The Kier molecular flexibility index (Phi) is 4.02. The van der Waals surface area contributed by atoms with Gasteiger partial charge in [0.1, 0.15) is 6.54 Å². The van der Waals surface area contributed by atoms with Gasteiger partial charge in [-0.25, -0.2) is 4.58 Å². The first kappa shape index (κ1) is 15.5. The molecule has 2 nitrogen and oxygen atoms in total. The third-order valence-corrected chi connectivity index (χ3v) is 4.82. The van der Waals surface area contributed by atoms with Crippen molar-refractivity contribution in [3.8, 4) is 0 Å². The van der Waals surface area contributed by atoms with Crippen LogP contribution in [0, 0.1) is 0 Å². The highest BCUT2D eigenvalue weighted by Gasteiger charge is 2.45. The number of nitrogens with zero attached hydrogens (tertiary/aromatic N) is 2. The van der Waals surface area contributed by atoms with E-state index in [0.29, 0.717) is 0 Å². The summed E-state index contributed by atoms with van der Waals surface area (Å²) in [5.74, 6) is 0. The van der Waals surface area contributed by atoms with E-state index >= 15 is 0 Å². The second kappa shape index (κ2) is 6.48. The van der Waals surface area contributed by atoms with Crippen LogP contribution in [0.5, 0.6) is 0 Å². The zero-order valence-electron chi connectivity index (χ0n) is 14.3. The summed E-state index contributed by atoms with van der Waals surface area (Å²) in [6.45, 7) is 2.90. The van der Waals surface area contributed by atoms with Crippen molar-refractivity contribution in [2.45, 2.75) is 12.5 Å². The van der Waals surface area contributed by atoms with Crippen LogP contribution in [0.25, 0.3) is 0 Å².